The van der Waals surface area contributed by atoms with Crippen LogP contribution in [0.2, 0.25) is 5.02 Å². The molecule has 0 bridgehead atoms. The van der Waals surface area contributed by atoms with E-state index in [1.54, 1.807) is 17.0 Å². The molecule has 0 radical (unpaired) electrons. The van der Waals surface area contributed by atoms with Gasteiger partial charge in [0.2, 0.25) is 11.8 Å². The zero-order chi connectivity index (χ0) is 14.7. The van der Waals surface area contributed by atoms with Gasteiger partial charge in [-0.25, -0.2) is 0 Å². The highest BCUT2D eigenvalue weighted by molar-refractivity contribution is 6.30. The normalized spacial score (nSPS) is 18.7. The number of carbonyl (C=O) groups is 2. The van der Waals surface area contributed by atoms with Gasteiger partial charge in [-0.1, -0.05) is 25.4 Å². The van der Waals surface area contributed by atoms with Crippen LogP contribution in [0, 0.1) is 11.8 Å². The number of hydrogen-bond donors (Lipinski definition) is 1. The third-order valence-corrected chi connectivity index (χ3v) is 3.68. The van der Waals surface area contributed by atoms with E-state index in [0.29, 0.717) is 24.5 Å². The second-order valence-electron chi connectivity index (χ2n) is 5.45. The maximum atomic E-state index is 12.0. The van der Waals surface area contributed by atoms with Crippen molar-refractivity contribution in [1.29, 1.82) is 0 Å². The minimum absolute atomic E-state index is 0.0283. The largest absolute Gasteiger partial charge is 0.356 e. The van der Waals surface area contributed by atoms with Crippen LogP contribution >= 0.6 is 11.6 Å². The summed E-state index contributed by atoms with van der Waals surface area (Å²) in [7, 11) is 0. The minimum atomic E-state index is -0.0283. The number of carbonyl (C=O) groups excluding carboxylic acids is 2. The molecule has 1 atom stereocenters. The molecule has 1 saturated heterocycles. The average molecular weight is 295 g/mol. The van der Waals surface area contributed by atoms with Crippen LogP contribution in [0.15, 0.2) is 24.3 Å². The summed E-state index contributed by atoms with van der Waals surface area (Å²) in [4.78, 5) is 25.3. The van der Waals surface area contributed by atoms with Crippen LogP contribution in [0.3, 0.4) is 0 Å². The van der Waals surface area contributed by atoms with E-state index < -0.39 is 0 Å². The molecule has 2 rings (SSSR count). The Labute approximate surface area is 124 Å². The lowest BCUT2D eigenvalue weighted by Gasteiger charge is -2.17. The van der Waals surface area contributed by atoms with Gasteiger partial charge in [0.1, 0.15) is 0 Å². The smallest absolute Gasteiger partial charge is 0.227 e. The van der Waals surface area contributed by atoms with Crippen LogP contribution in [0.25, 0.3) is 0 Å². The molecule has 1 aliphatic heterocycles. The second-order valence-corrected chi connectivity index (χ2v) is 5.89. The second kappa shape index (κ2) is 6.27. The average Bonchev–Trinajstić information content (AvgIpc) is 2.78. The highest BCUT2D eigenvalue weighted by Crippen LogP contribution is 2.25. The summed E-state index contributed by atoms with van der Waals surface area (Å²) in [5.41, 5.74) is 0.858. The lowest BCUT2D eigenvalue weighted by molar-refractivity contribution is -0.124. The maximum absolute atomic E-state index is 12.0. The Hall–Kier alpha value is -1.55. The van der Waals surface area contributed by atoms with Crippen LogP contribution in [0.5, 0.6) is 0 Å². The molecule has 1 heterocycles. The van der Waals surface area contributed by atoms with Crippen molar-refractivity contribution in [2.45, 2.75) is 20.3 Å². The zero-order valence-corrected chi connectivity index (χ0v) is 12.5. The fourth-order valence-electron chi connectivity index (χ4n) is 2.24. The van der Waals surface area contributed by atoms with E-state index in [-0.39, 0.29) is 23.7 Å². The van der Waals surface area contributed by atoms with Gasteiger partial charge < -0.3 is 10.2 Å². The third-order valence-electron chi connectivity index (χ3n) is 3.43. The molecule has 0 saturated carbocycles. The molecule has 1 fully saturated rings. The first kappa shape index (κ1) is 14.9. The number of amides is 2. The topological polar surface area (TPSA) is 49.4 Å². The lowest BCUT2D eigenvalue weighted by atomic mass is 10.1. The molecule has 2 amide bonds. The molecule has 1 aromatic carbocycles. The van der Waals surface area contributed by atoms with Crippen LogP contribution in [0.4, 0.5) is 5.69 Å². The molecular weight excluding hydrogens is 276 g/mol. The molecule has 1 N–H and O–H groups in total. The first-order chi connectivity index (χ1) is 9.47. The Kier molecular flexibility index (Phi) is 4.65. The van der Waals surface area contributed by atoms with Crippen molar-refractivity contribution in [3.8, 4) is 0 Å². The van der Waals surface area contributed by atoms with Gasteiger partial charge in [0.05, 0.1) is 0 Å². The van der Waals surface area contributed by atoms with E-state index >= 15 is 0 Å². The number of rotatable bonds is 4. The van der Waals surface area contributed by atoms with E-state index in [9.17, 15) is 9.59 Å². The Bertz CT molecular complexity index is 499. The molecule has 0 aromatic heterocycles. The number of benzene rings is 1. The molecule has 0 unspecified atom stereocenters. The monoisotopic (exact) mass is 294 g/mol. The standard InChI is InChI=1S/C15H19ClN2O2/c1-10(2)15(20)17-8-11-7-14(19)18(9-11)13-5-3-12(16)4-6-13/h3-6,10-11H,7-9H2,1-2H3,(H,17,20)/t11-/m0/s1. The quantitative estimate of drug-likeness (QED) is 0.927. The lowest BCUT2D eigenvalue weighted by Crippen LogP contribution is -2.33. The minimum Gasteiger partial charge on any atom is -0.356 e. The summed E-state index contributed by atoms with van der Waals surface area (Å²) in [6.45, 7) is 4.90. The molecule has 108 valence electrons. The van der Waals surface area contributed by atoms with Gasteiger partial charge in [-0.2, -0.15) is 0 Å². The first-order valence-corrected chi connectivity index (χ1v) is 7.19. The van der Waals surface area contributed by atoms with Crippen molar-refractivity contribution >= 4 is 29.1 Å². The van der Waals surface area contributed by atoms with Gasteiger partial charge in [0, 0.05) is 42.1 Å². The van der Waals surface area contributed by atoms with E-state index in [4.69, 9.17) is 11.6 Å². The van der Waals surface area contributed by atoms with E-state index in [2.05, 4.69) is 5.32 Å². The summed E-state index contributed by atoms with van der Waals surface area (Å²) >= 11 is 5.85. The Morgan fingerprint density at radius 3 is 2.65 bits per heavy atom. The van der Waals surface area contributed by atoms with Crippen LogP contribution in [-0.2, 0) is 9.59 Å². The Morgan fingerprint density at radius 1 is 1.40 bits per heavy atom. The summed E-state index contributed by atoms with van der Waals surface area (Å²) in [6.07, 6.45) is 0.473. The highest BCUT2D eigenvalue weighted by Gasteiger charge is 2.30. The summed E-state index contributed by atoms with van der Waals surface area (Å²) in [5.74, 6) is 0.263. The van der Waals surface area contributed by atoms with E-state index in [0.717, 1.165) is 5.69 Å². The number of hydrogen-bond acceptors (Lipinski definition) is 2. The predicted octanol–water partition coefficient (Wildman–Crippen LogP) is 2.47. The van der Waals surface area contributed by atoms with Crippen molar-refractivity contribution in [2.24, 2.45) is 11.8 Å². The van der Waals surface area contributed by atoms with Crippen LogP contribution < -0.4 is 10.2 Å². The van der Waals surface area contributed by atoms with Crippen molar-refractivity contribution < 1.29 is 9.59 Å². The first-order valence-electron chi connectivity index (χ1n) is 6.81. The van der Waals surface area contributed by atoms with Gasteiger partial charge >= 0.3 is 0 Å². The summed E-state index contributed by atoms with van der Waals surface area (Å²) < 4.78 is 0. The van der Waals surface area contributed by atoms with Gasteiger partial charge in [0.25, 0.3) is 0 Å². The molecule has 0 aliphatic carbocycles. The number of nitrogens with one attached hydrogen (secondary N) is 1. The fraction of sp³-hybridized carbons (Fsp3) is 0.467. The zero-order valence-electron chi connectivity index (χ0n) is 11.7. The molecule has 5 heteroatoms. The van der Waals surface area contributed by atoms with Gasteiger partial charge in [0.15, 0.2) is 0 Å². The van der Waals surface area contributed by atoms with Gasteiger partial charge in [-0.05, 0) is 24.3 Å². The highest BCUT2D eigenvalue weighted by atomic mass is 35.5. The number of anilines is 1. The predicted molar refractivity (Wildman–Crippen MR) is 79.8 cm³/mol. The summed E-state index contributed by atoms with van der Waals surface area (Å²) in [6, 6.07) is 7.24. The molecule has 20 heavy (non-hydrogen) atoms. The van der Waals surface area contributed by atoms with Crippen molar-refractivity contribution in [1.82, 2.24) is 5.32 Å². The number of halogens is 1. The molecular formula is C15H19ClN2O2. The van der Waals surface area contributed by atoms with E-state index in [1.807, 2.05) is 26.0 Å². The SMILES string of the molecule is CC(C)C(=O)NC[C@@H]1CC(=O)N(c2ccc(Cl)cc2)C1. The Balaban J connectivity index is 1.94. The van der Waals surface area contributed by atoms with Gasteiger partial charge in [-0.3, -0.25) is 9.59 Å². The van der Waals surface area contributed by atoms with E-state index in [1.165, 1.54) is 0 Å². The Morgan fingerprint density at radius 2 is 2.05 bits per heavy atom. The van der Waals surface area contributed by atoms with Crippen LogP contribution in [0.1, 0.15) is 20.3 Å². The molecule has 4 nitrogen and oxygen atoms in total. The molecule has 1 aliphatic rings. The maximum Gasteiger partial charge on any atom is 0.227 e. The summed E-state index contributed by atoms with van der Waals surface area (Å²) in [5, 5.41) is 3.54. The number of nitrogens with zero attached hydrogens (tertiary/aromatic N) is 1. The van der Waals surface area contributed by atoms with Crippen LogP contribution in [-0.4, -0.2) is 24.9 Å². The van der Waals surface area contributed by atoms with Crippen molar-refractivity contribution in [3.63, 3.8) is 0 Å². The molecule has 1 aromatic rings. The van der Waals surface area contributed by atoms with Gasteiger partial charge in [-0.15, -0.1) is 0 Å². The van der Waals surface area contributed by atoms with Crippen molar-refractivity contribution in [3.05, 3.63) is 29.3 Å². The fourth-order valence-corrected chi connectivity index (χ4v) is 2.36. The third kappa shape index (κ3) is 3.51. The molecule has 0 spiro atoms. The van der Waals surface area contributed by atoms with Crippen molar-refractivity contribution in [2.75, 3.05) is 18.0 Å².